The number of halogens is 4. The summed E-state index contributed by atoms with van der Waals surface area (Å²) in [6.07, 6.45) is -4.81. The van der Waals surface area contributed by atoms with Crippen molar-refractivity contribution in [2.24, 2.45) is 0 Å². The van der Waals surface area contributed by atoms with Gasteiger partial charge in [0.2, 0.25) is 5.88 Å². The fourth-order valence-corrected chi connectivity index (χ4v) is 1.70. The smallest absolute Gasteiger partial charge is 0.462 e. The van der Waals surface area contributed by atoms with Crippen molar-refractivity contribution in [1.82, 2.24) is 4.98 Å². The van der Waals surface area contributed by atoms with E-state index in [9.17, 15) is 18.0 Å². The molecule has 0 saturated carbocycles. The SMILES string of the molecule is CCOC(=O)c1cc(I)c(OC(F)(F)F)nc1C. The number of carbonyl (C=O) groups excluding carboxylic acids is 1. The van der Waals surface area contributed by atoms with Crippen LogP contribution in [0.4, 0.5) is 13.2 Å². The summed E-state index contributed by atoms with van der Waals surface area (Å²) < 4.78 is 44.8. The molecule has 1 heterocycles. The number of carbonyl (C=O) groups is 1. The van der Waals surface area contributed by atoms with Crippen molar-refractivity contribution in [3.63, 3.8) is 0 Å². The molecule has 0 aliphatic carbocycles. The predicted molar refractivity (Wildman–Crippen MR) is 64.3 cm³/mol. The molecule has 0 amide bonds. The minimum atomic E-state index is -4.81. The summed E-state index contributed by atoms with van der Waals surface area (Å²) in [7, 11) is 0. The molecule has 0 aliphatic heterocycles. The summed E-state index contributed by atoms with van der Waals surface area (Å²) in [5.74, 6) is -1.20. The molecule has 0 saturated heterocycles. The summed E-state index contributed by atoms with van der Waals surface area (Å²) in [6.45, 7) is 3.22. The van der Waals surface area contributed by atoms with Gasteiger partial charge < -0.3 is 9.47 Å². The van der Waals surface area contributed by atoms with E-state index in [0.717, 1.165) is 0 Å². The van der Waals surface area contributed by atoms with Gasteiger partial charge in [0.05, 0.1) is 21.4 Å². The second-order valence-electron chi connectivity index (χ2n) is 3.18. The number of esters is 1. The molecule has 0 radical (unpaired) electrons. The van der Waals surface area contributed by atoms with E-state index in [0.29, 0.717) is 0 Å². The second-order valence-corrected chi connectivity index (χ2v) is 4.34. The molecule has 0 spiro atoms. The normalized spacial score (nSPS) is 11.2. The largest absolute Gasteiger partial charge is 0.574 e. The summed E-state index contributed by atoms with van der Waals surface area (Å²) in [4.78, 5) is 15.1. The van der Waals surface area contributed by atoms with E-state index in [2.05, 4.69) is 9.72 Å². The maximum Gasteiger partial charge on any atom is 0.574 e. The van der Waals surface area contributed by atoms with Gasteiger partial charge in [-0.1, -0.05) is 0 Å². The molecule has 100 valence electrons. The molecule has 0 bridgehead atoms. The van der Waals surface area contributed by atoms with Gasteiger partial charge in [0.15, 0.2) is 0 Å². The first kappa shape index (κ1) is 15.0. The lowest BCUT2D eigenvalue weighted by Crippen LogP contribution is -2.19. The molecule has 4 nitrogen and oxygen atoms in total. The minimum absolute atomic E-state index is 0.0820. The van der Waals surface area contributed by atoms with E-state index in [1.165, 1.54) is 13.0 Å². The summed E-state index contributed by atoms with van der Waals surface area (Å²) in [5.41, 5.74) is 0.240. The maximum atomic E-state index is 12.1. The fraction of sp³-hybridized carbons (Fsp3) is 0.400. The number of ether oxygens (including phenoxy) is 2. The van der Waals surface area contributed by atoms with Crippen LogP contribution in [0.5, 0.6) is 5.88 Å². The Hall–Kier alpha value is -1.06. The number of hydrogen-bond acceptors (Lipinski definition) is 4. The molecule has 1 rings (SSSR count). The van der Waals surface area contributed by atoms with Crippen LogP contribution in [0.1, 0.15) is 23.0 Å². The first-order valence-electron chi connectivity index (χ1n) is 4.84. The number of aryl methyl sites for hydroxylation is 1. The van der Waals surface area contributed by atoms with Crippen LogP contribution in [0.15, 0.2) is 6.07 Å². The van der Waals surface area contributed by atoms with Crippen LogP contribution in [-0.4, -0.2) is 23.9 Å². The summed E-state index contributed by atoms with van der Waals surface area (Å²) >= 11 is 1.61. The van der Waals surface area contributed by atoms with E-state index in [1.54, 1.807) is 29.5 Å². The van der Waals surface area contributed by atoms with Gasteiger partial charge in [-0.3, -0.25) is 0 Å². The molecule has 0 fully saturated rings. The third kappa shape index (κ3) is 4.00. The average molecular weight is 375 g/mol. The van der Waals surface area contributed by atoms with Crippen molar-refractivity contribution in [3.8, 4) is 5.88 Å². The Morgan fingerprint density at radius 2 is 2.11 bits per heavy atom. The number of pyridine rings is 1. The summed E-state index contributed by atoms with van der Waals surface area (Å²) in [6, 6.07) is 1.25. The molecule has 0 atom stereocenters. The zero-order valence-corrected chi connectivity index (χ0v) is 11.6. The highest BCUT2D eigenvalue weighted by atomic mass is 127. The number of rotatable bonds is 3. The lowest BCUT2D eigenvalue weighted by Gasteiger charge is -2.12. The highest BCUT2D eigenvalue weighted by molar-refractivity contribution is 14.1. The van der Waals surface area contributed by atoms with E-state index >= 15 is 0 Å². The van der Waals surface area contributed by atoms with Gasteiger partial charge in [-0.05, 0) is 42.5 Å². The quantitative estimate of drug-likeness (QED) is 0.602. The predicted octanol–water partition coefficient (Wildman–Crippen LogP) is 3.07. The van der Waals surface area contributed by atoms with Crippen LogP contribution in [0.3, 0.4) is 0 Å². The first-order valence-corrected chi connectivity index (χ1v) is 5.92. The van der Waals surface area contributed by atoms with Crippen LogP contribution in [0.25, 0.3) is 0 Å². The van der Waals surface area contributed by atoms with Gasteiger partial charge in [-0.2, -0.15) is 0 Å². The van der Waals surface area contributed by atoms with Crippen LogP contribution >= 0.6 is 22.6 Å². The minimum Gasteiger partial charge on any atom is -0.462 e. The molecule has 0 aromatic carbocycles. The zero-order chi connectivity index (χ0) is 13.9. The Labute approximate surface area is 115 Å². The van der Waals surface area contributed by atoms with Crippen LogP contribution in [-0.2, 0) is 4.74 Å². The Kier molecular flexibility index (Phi) is 4.77. The van der Waals surface area contributed by atoms with Gasteiger partial charge >= 0.3 is 12.3 Å². The van der Waals surface area contributed by atoms with E-state index in [-0.39, 0.29) is 21.4 Å². The first-order chi connectivity index (χ1) is 8.24. The van der Waals surface area contributed by atoms with Gasteiger partial charge in [-0.15, -0.1) is 13.2 Å². The fourth-order valence-electron chi connectivity index (χ4n) is 1.16. The number of nitrogens with zero attached hydrogens (tertiary/aromatic N) is 1. The Bertz CT molecular complexity index is 462. The van der Waals surface area contributed by atoms with E-state index < -0.39 is 18.2 Å². The van der Waals surface area contributed by atoms with Crippen LogP contribution in [0, 0.1) is 10.5 Å². The molecule has 8 heteroatoms. The topological polar surface area (TPSA) is 48.4 Å². The van der Waals surface area contributed by atoms with E-state index in [4.69, 9.17) is 4.74 Å². The third-order valence-electron chi connectivity index (χ3n) is 1.84. The average Bonchev–Trinajstić information content (AvgIpc) is 2.21. The highest BCUT2D eigenvalue weighted by Crippen LogP contribution is 2.27. The van der Waals surface area contributed by atoms with Crippen molar-refractivity contribution in [2.45, 2.75) is 20.2 Å². The Morgan fingerprint density at radius 3 is 2.61 bits per heavy atom. The van der Waals surface area contributed by atoms with Gasteiger partial charge in [-0.25, -0.2) is 9.78 Å². The molecular weight excluding hydrogens is 366 g/mol. The second kappa shape index (κ2) is 5.72. The number of aromatic nitrogens is 1. The standard InChI is InChI=1S/C10H9F3INO3/c1-3-17-9(16)6-4-7(14)8(15-5(6)2)18-10(11,12)13/h4H,3H2,1-2H3. The number of alkyl halides is 3. The molecule has 0 unspecified atom stereocenters. The van der Waals surface area contributed by atoms with Gasteiger partial charge in [0, 0.05) is 0 Å². The Balaban J connectivity index is 3.08. The van der Waals surface area contributed by atoms with E-state index in [1.807, 2.05) is 0 Å². The van der Waals surface area contributed by atoms with Crippen molar-refractivity contribution in [1.29, 1.82) is 0 Å². The lowest BCUT2D eigenvalue weighted by molar-refractivity contribution is -0.276. The number of hydrogen-bond donors (Lipinski definition) is 0. The zero-order valence-electron chi connectivity index (χ0n) is 9.47. The lowest BCUT2D eigenvalue weighted by atomic mass is 10.2. The van der Waals surface area contributed by atoms with Crippen molar-refractivity contribution >= 4 is 28.6 Å². The van der Waals surface area contributed by atoms with Gasteiger partial charge in [0.25, 0.3) is 0 Å². The molecule has 18 heavy (non-hydrogen) atoms. The molecular formula is C10H9F3INO3. The van der Waals surface area contributed by atoms with Crippen molar-refractivity contribution < 1.29 is 27.4 Å². The highest BCUT2D eigenvalue weighted by Gasteiger charge is 2.33. The Morgan fingerprint density at radius 1 is 1.50 bits per heavy atom. The molecule has 0 N–H and O–H groups in total. The molecule has 1 aromatic heterocycles. The van der Waals surface area contributed by atoms with Crippen molar-refractivity contribution in [2.75, 3.05) is 6.61 Å². The van der Waals surface area contributed by atoms with Gasteiger partial charge in [0.1, 0.15) is 0 Å². The maximum absolute atomic E-state index is 12.1. The van der Waals surface area contributed by atoms with Crippen LogP contribution in [0.2, 0.25) is 0 Å². The summed E-state index contributed by atoms with van der Waals surface area (Å²) in [5, 5.41) is 0. The van der Waals surface area contributed by atoms with Crippen molar-refractivity contribution in [3.05, 3.63) is 20.9 Å². The third-order valence-corrected chi connectivity index (χ3v) is 2.61. The monoisotopic (exact) mass is 375 g/mol. The molecule has 1 aromatic rings. The molecule has 0 aliphatic rings. The van der Waals surface area contributed by atoms with Crippen LogP contribution < -0.4 is 4.74 Å².